The number of aromatic nitrogens is 1. The Balaban J connectivity index is 1.53. The molecule has 2 heterocycles. The summed E-state index contributed by atoms with van der Waals surface area (Å²) in [6, 6.07) is 7.10. The minimum atomic E-state index is -0.183. The van der Waals surface area contributed by atoms with Crippen molar-refractivity contribution in [2.75, 3.05) is 43.5 Å². The van der Waals surface area contributed by atoms with Crippen LogP contribution in [0.3, 0.4) is 0 Å². The summed E-state index contributed by atoms with van der Waals surface area (Å²) in [6.45, 7) is 9.43. The highest BCUT2D eigenvalue weighted by Crippen LogP contribution is 2.27. The molecule has 0 bridgehead atoms. The fourth-order valence-electron chi connectivity index (χ4n) is 2.72. The van der Waals surface area contributed by atoms with Gasteiger partial charge in [-0.25, -0.2) is 4.98 Å². The lowest BCUT2D eigenvalue weighted by Crippen LogP contribution is -2.41. The Morgan fingerprint density at radius 1 is 1.11 bits per heavy atom. The third-order valence-corrected chi connectivity index (χ3v) is 5.69. The maximum Gasteiger partial charge on any atom is 0.267 e. The first kappa shape index (κ1) is 20.4. The van der Waals surface area contributed by atoms with Gasteiger partial charge in [0.1, 0.15) is 4.88 Å². The van der Waals surface area contributed by atoms with E-state index in [1.165, 1.54) is 11.3 Å². The normalized spacial score (nSPS) is 15.2. The first-order valence-electron chi connectivity index (χ1n) is 9.29. The number of morpholine rings is 1. The predicted molar refractivity (Wildman–Crippen MR) is 111 cm³/mol. The summed E-state index contributed by atoms with van der Waals surface area (Å²) < 4.78 is 5.28. The summed E-state index contributed by atoms with van der Waals surface area (Å²) in [4.78, 5) is 31.5. The number of anilines is 2. The van der Waals surface area contributed by atoms with E-state index in [1.807, 2.05) is 0 Å². The van der Waals surface area contributed by atoms with Crippen LogP contribution < -0.4 is 10.6 Å². The zero-order chi connectivity index (χ0) is 20.1. The first-order valence-corrected chi connectivity index (χ1v) is 10.1. The molecule has 1 aromatic heterocycles. The van der Waals surface area contributed by atoms with Gasteiger partial charge in [-0.05, 0) is 24.3 Å². The van der Waals surface area contributed by atoms with Crippen LogP contribution in [0.1, 0.15) is 35.5 Å². The van der Waals surface area contributed by atoms with Gasteiger partial charge in [-0.15, -0.1) is 11.3 Å². The largest absolute Gasteiger partial charge is 0.379 e. The molecular formula is C20H26N4O3S. The van der Waals surface area contributed by atoms with Gasteiger partial charge < -0.3 is 15.4 Å². The number of thiazole rings is 1. The summed E-state index contributed by atoms with van der Waals surface area (Å²) in [5, 5.41) is 6.67. The van der Waals surface area contributed by atoms with Gasteiger partial charge in [0.2, 0.25) is 5.91 Å². The van der Waals surface area contributed by atoms with E-state index < -0.39 is 0 Å². The van der Waals surface area contributed by atoms with Gasteiger partial charge in [0.25, 0.3) is 5.91 Å². The predicted octanol–water partition coefficient (Wildman–Crippen LogP) is 2.96. The van der Waals surface area contributed by atoms with Gasteiger partial charge in [-0.2, -0.15) is 0 Å². The standard InChI is InChI=1S/C20H26N4O3S/c1-20(2,3)19-21-12-16(28-19)18(26)23-15-6-4-14(5-7-15)22-17(25)13-24-8-10-27-11-9-24/h4-7,12H,8-11,13H2,1-3H3,(H,22,25)(H,23,26). The van der Waals surface area contributed by atoms with Crippen molar-refractivity contribution < 1.29 is 14.3 Å². The van der Waals surface area contributed by atoms with Crippen LogP contribution in [0.25, 0.3) is 0 Å². The molecule has 0 spiro atoms. The highest BCUT2D eigenvalue weighted by Gasteiger charge is 2.20. The van der Waals surface area contributed by atoms with E-state index in [1.54, 1.807) is 30.5 Å². The molecule has 0 radical (unpaired) electrons. The van der Waals surface area contributed by atoms with E-state index in [2.05, 4.69) is 41.3 Å². The lowest BCUT2D eigenvalue weighted by molar-refractivity contribution is -0.118. The topological polar surface area (TPSA) is 83.6 Å². The van der Waals surface area contributed by atoms with E-state index >= 15 is 0 Å². The molecule has 0 aliphatic carbocycles. The van der Waals surface area contributed by atoms with E-state index in [9.17, 15) is 9.59 Å². The first-order chi connectivity index (χ1) is 13.3. The van der Waals surface area contributed by atoms with Crippen LogP contribution in [-0.4, -0.2) is 54.5 Å². The van der Waals surface area contributed by atoms with Crippen molar-refractivity contribution in [2.24, 2.45) is 0 Å². The number of carbonyl (C=O) groups is 2. The second-order valence-electron chi connectivity index (χ2n) is 7.75. The van der Waals surface area contributed by atoms with Gasteiger partial charge in [0, 0.05) is 29.9 Å². The molecule has 150 valence electrons. The van der Waals surface area contributed by atoms with Crippen LogP contribution in [-0.2, 0) is 14.9 Å². The Labute approximate surface area is 169 Å². The zero-order valence-electron chi connectivity index (χ0n) is 16.4. The van der Waals surface area contributed by atoms with E-state index in [4.69, 9.17) is 4.74 Å². The molecule has 28 heavy (non-hydrogen) atoms. The summed E-state index contributed by atoms with van der Waals surface area (Å²) in [6.07, 6.45) is 1.61. The fourth-order valence-corrected chi connectivity index (χ4v) is 3.59. The molecule has 1 aromatic carbocycles. The SMILES string of the molecule is CC(C)(C)c1ncc(C(=O)Nc2ccc(NC(=O)CN3CCOCC3)cc2)s1. The second kappa shape index (κ2) is 8.81. The quantitative estimate of drug-likeness (QED) is 0.803. The smallest absolute Gasteiger partial charge is 0.267 e. The fraction of sp³-hybridized carbons (Fsp3) is 0.450. The number of hydrogen-bond acceptors (Lipinski definition) is 6. The molecule has 1 aliphatic rings. The number of nitrogens with zero attached hydrogens (tertiary/aromatic N) is 2. The molecule has 0 atom stereocenters. The number of amides is 2. The Hall–Kier alpha value is -2.29. The summed E-state index contributed by atoms with van der Waals surface area (Å²) in [7, 11) is 0. The maximum absolute atomic E-state index is 12.4. The average molecular weight is 403 g/mol. The number of carbonyl (C=O) groups excluding carboxylic acids is 2. The van der Waals surface area contributed by atoms with Crippen LogP contribution in [0.2, 0.25) is 0 Å². The van der Waals surface area contributed by atoms with Gasteiger partial charge in [0.05, 0.1) is 31.0 Å². The molecular weight excluding hydrogens is 376 g/mol. The number of hydrogen-bond donors (Lipinski definition) is 2. The van der Waals surface area contributed by atoms with Crippen LogP contribution in [0, 0.1) is 0 Å². The van der Waals surface area contributed by atoms with Crippen molar-refractivity contribution in [3.8, 4) is 0 Å². The molecule has 7 nitrogen and oxygen atoms in total. The number of benzene rings is 1. The lowest BCUT2D eigenvalue weighted by Gasteiger charge is -2.25. The van der Waals surface area contributed by atoms with Crippen LogP contribution >= 0.6 is 11.3 Å². The van der Waals surface area contributed by atoms with Crippen molar-refractivity contribution >= 4 is 34.5 Å². The van der Waals surface area contributed by atoms with E-state index in [0.717, 1.165) is 18.1 Å². The average Bonchev–Trinajstić information content (AvgIpc) is 3.15. The van der Waals surface area contributed by atoms with Gasteiger partial charge in [0.15, 0.2) is 0 Å². The van der Waals surface area contributed by atoms with Crippen LogP contribution in [0.15, 0.2) is 30.5 Å². The summed E-state index contributed by atoms with van der Waals surface area (Å²) in [5.74, 6) is -0.241. The van der Waals surface area contributed by atoms with Gasteiger partial charge >= 0.3 is 0 Å². The number of nitrogens with one attached hydrogen (secondary N) is 2. The molecule has 2 aromatic rings. The molecule has 8 heteroatoms. The maximum atomic E-state index is 12.4. The summed E-state index contributed by atoms with van der Waals surface area (Å²) in [5.41, 5.74) is 1.29. The van der Waals surface area contributed by atoms with E-state index in [0.29, 0.717) is 36.0 Å². The molecule has 2 amide bonds. The third-order valence-electron chi connectivity index (χ3n) is 4.27. The van der Waals surface area contributed by atoms with E-state index in [-0.39, 0.29) is 17.2 Å². The van der Waals surface area contributed by atoms with Crippen molar-refractivity contribution in [3.05, 3.63) is 40.3 Å². The van der Waals surface area contributed by atoms with Crippen molar-refractivity contribution in [1.82, 2.24) is 9.88 Å². The lowest BCUT2D eigenvalue weighted by atomic mass is 9.98. The molecule has 1 fully saturated rings. The van der Waals surface area contributed by atoms with Crippen LogP contribution in [0.4, 0.5) is 11.4 Å². The van der Waals surface area contributed by atoms with Gasteiger partial charge in [-0.1, -0.05) is 20.8 Å². The number of rotatable bonds is 5. The van der Waals surface area contributed by atoms with Gasteiger partial charge in [-0.3, -0.25) is 14.5 Å². The van der Waals surface area contributed by atoms with Crippen molar-refractivity contribution in [1.29, 1.82) is 0 Å². The minimum absolute atomic E-state index is 0.0574. The molecule has 0 saturated carbocycles. The highest BCUT2D eigenvalue weighted by atomic mass is 32.1. The Kier molecular flexibility index (Phi) is 6.43. The van der Waals surface area contributed by atoms with Crippen molar-refractivity contribution in [2.45, 2.75) is 26.2 Å². The Morgan fingerprint density at radius 3 is 2.29 bits per heavy atom. The van der Waals surface area contributed by atoms with Crippen molar-refractivity contribution in [3.63, 3.8) is 0 Å². The van der Waals surface area contributed by atoms with Crippen LogP contribution in [0.5, 0.6) is 0 Å². The molecule has 2 N–H and O–H groups in total. The minimum Gasteiger partial charge on any atom is -0.379 e. The second-order valence-corrected chi connectivity index (χ2v) is 8.78. The number of ether oxygens (including phenoxy) is 1. The molecule has 1 aliphatic heterocycles. The zero-order valence-corrected chi connectivity index (χ0v) is 17.3. The molecule has 3 rings (SSSR count). The third kappa shape index (κ3) is 5.60. The molecule has 0 unspecified atom stereocenters. The highest BCUT2D eigenvalue weighted by molar-refractivity contribution is 7.13. The monoisotopic (exact) mass is 402 g/mol. The Morgan fingerprint density at radius 2 is 1.71 bits per heavy atom. The molecule has 1 saturated heterocycles. The Bertz CT molecular complexity index is 821. The summed E-state index contributed by atoms with van der Waals surface area (Å²) >= 11 is 1.40.